The predicted molar refractivity (Wildman–Crippen MR) is 111 cm³/mol. The topological polar surface area (TPSA) is 120 Å². The summed E-state index contributed by atoms with van der Waals surface area (Å²) in [4.78, 5) is 51.0. The molecule has 4 N–H and O–H groups in total. The van der Waals surface area contributed by atoms with Crippen LogP contribution in [0.25, 0.3) is 0 Å². The van der Waals surface area contributed by atoms with Gasteiger partial charge >= 0.3 is 12.1 Å². The molecule has 2 aliphatic heterocycles. The summed E-state index contributed by atoms with van der Waals surface area (Å²) in [6.45, 7) is 9.62. The van der Waals surface area contributed by atoms with E-state index in [4.69, 9.17) is 0 Å². The van der Waals surface area contributed by atoms with Crippen LogP contribution in [0.1, 0.15) is 41.0 Å². The highest BCUT2D eigenvalue weighted by atomic mass is 19.4. The molecular formula is C21H32F3N5O4. The minimum absolute atomic E-state index is 0.0248. The zero-order valence-corrected chi connectivity index (χ0v) is 19.4. The second-order valence-corrected chi connectivity index (χ2v) is 10.8. The molecule has 0 spiro atoms. The first-order valence-corrected chi connectivity index (χ1v) is 11.1. The van der Waals surface area contributed by atoms with Gasteiger partial charge in [0.1, 0.15) is 12.1 Å². The number of nitrogens with zero attached hydrogens (tertiary/aromatic N) is 1. The minimum Gasteiger partial charge on any atom is -0.356 e. The third-order valence-electron chi connectivity index (χ3n) is 7.13. The van der Waals surface area contributed by atoms with Gasteiger partial charge in [-0.1, -0.05) is 34.6 Å². The van der Waals surface area contributed by atoms with E-state index in [9.17, 15) is 32.3 Å². The largest absolute Gasteiger partial charge is 0.471 e. The number of carbonyl (C=O) groups excluding carboxylic acids is 4. The minimum atomic E-state index is -5.13. The van der Waals surface area contributed by atoms with E-state index in [1.807, 2.05) is 19.2 Å². The number of alkyl halides is 3. The van der Waals surface area contributed by atoms with E-state index < -0.39 is 41.4 Å². The maximum absolute atomic E-state index is 13.4. The monoisotopic (exact) mass is 475 g/mol. The van der Waals surface area contributed by atoms with Crippen LogP contribution in [0.3, 0.4) is 0 Å². The van der Waals surface area contributed by atoms with Crippen molar-refractivity contribution in [2.45, 2.75) is 59.3 Å². The van der Waals surface area contributed by atoms with Crippen molar-refractivity contribution in [3.8, 4) is 0 Å². The number of carbonyl (C=O) groups is 4. The molecule has 1 saturated carbocycles. The Balaban J connectivity index is 1.73. The highest BCUT2D eigenvalue weighted by Gasteiger charge is 2.69. The van der Waals surface area contributed by atoms with Crippen LogP contribution in [0.15, 0.2) is 0 Å². The molecule has 3 aliphatic rings. The van der Waals surface area contributed by atoms with Gasteiger partial charge in [-0.2, -0.15) is 13.2 Å². The molecule has 5 atom stereocenters. The summed E-state index contributed by atoms with van der Waals surface area (Å²) in [5.74, 6) is -3.93. The molecule has 2 saturated heterocycles. The zero-order chi connectivity index (χ0) is 24.9. The van der Waals surface area contributed by atoms with Crippen molar-refractivity contribution >= 4 is 23.6 Å². The van der Waals surface area contributed by atoms with Crippen molar-refractivity contribution in [3.05, 3.63) is 0 Å². The van der Waals surface area contributed by atoms with Gasteiger partial charge in [0.25, 0.3) is 5.91 Å². The van der Waals surface area contributed by atoms with Gasteiger partial charge in [0, 0.05) is 19.6 Å². The average molecular weight is 476 g/mol. The number of hydrogen-bond donors (Lipinski definition) is 4. The third-order valence-corrected chi connectivity index (χ3v) is 7.13. The van der Waals surface area contributed by atoms with Gasteiger partial charge in [-0.05, 0) is 29.1 Å². The second kappa shape index (κ2) is 8.44. The van der Waals surface area contributed by atoms with Crippen molar-refractivity contribution < 1.29 is 32.3 Å². The van der Waals surface area contributed by atoms with Crippen LogP contribution in [0.4, 0.5) is 13.2 Å². The Morgan fingerprint density at radius 1 is 1.21 bits per heavy atom. The van der Waals surface area contributed by atoms with Crippen molar-refractivity contribution in [2.24, 2.45) is 28.6 Å². The molecular weight excluding hydrogens is 443 g/mol. The third kappa shape index (κ3) is 4.95. The molecule has 1 unspecified atom stereocenters. The molecule has 0 aromatic carbocycles. The van der Waals surface area contributed by atoms with Crippen molar-refractivity contribution in [2.75, 3.05) is 19.6 Å². The van der Waals surface area contributed by atoms with E-state index in [0.717, 1.165) is 0 Å². The fourth-order valence-corrected chi connectivity index (χ4v) is 5.02. The van der Waals surface area contributed by atoms with Crippen molar-refractivity contribution in [1.82, 2.24) is 26.4 Å². The SMILES string of the molecule is CC(C)(C)C(NC(=O)C(F)(F)F)C(=O)N1C[C@H]2[C@@H]([C@H]1C(=O)NNC[C@@H]1CCNC1=O)C2(C)C. The highest BCUT2D eigenvalue weighted by Crippen LogP contribution is 2.65. The van der Waals surface area contributed by atoms with Gasteiger partial charge in [0.05, 0.1) is 5.92 Å². The lowest BCUT2D eigenvalue weighted by Crippen LogP contribution is -2.61. The molecule has 3 fully saturated rings. The Bertz CT molecular complexity index is 839. The number of nitrogens with one attached hydrogen (secondary N) is 4. The smallest absolute Gasteiger partial charge is 0.356 e. The summed E-state index contributed by atoms with van der Waals surface area (Å²) in [6.07, 6.45) is -4.49. The van der Waals surface area contributed by atoms with Crippen molar-refractivity contribution in [3.63, 3.8) is 0 Å². The van der Waals surface area contributed by atoms with Crippen LogP contribution in [-0.4, -0.2) is 66.4 Å². The lowest BCUT2D eigenvalue weighted by Gasteiger charge is -2.37. The van der Waals surface area contributed by atoms with E-state index in [1.165, 1.54) is 4.90 Å². The van der Waals surface area contributed by atoms with E-state index in [-0.39, 0.29) is 42.2 Å². The van der Waals surface area contributed by atoms with Crippen LogP contribution >= 0.6 is 0 Å². The number of likely N-dealkylation sites (tertiary alicyclic amines) is 1. The molecule has 33 heavy (non-hydrogen) atoms. The lowest BCUT2D eigenvalue weighted by atomic mass is 9.85. The summed E-state index contributed by atoms with van der Waals surface area (Å²) in [5.41, 5.74) is 4.10. The Morgan fingerprint density at radius 3 is 2.36 bits per heavy atom. The first kappa shape index (κ1) is 25.3. The first-order chi connectivity index (χ1) is 15.1. The lowest BCUT2D eigenvalue weighted by molar-refractivity contribution is -0.176. The maximum atomic E-state index is 13.4. The summed E-state index contributed by atoms with van der Waals surface area (Å²) < 4.78 is 38.6. The molecule has 1 aliphatic carbocycles. The molecule has 12 heteroatoms. The van der Waals surface area contributed by atoms with Crippen LogP contribution in [-0.2, 0) is 19.2 Å². The zero-order valence-electron chi connectivity index (χ0n) is 19.4. The fraction of sp³-hybridized carbons (Fsp3) is 0.810. The molecule has 0 aromatic rings. The van der Waals surface area contributed by atoms with Crippen LogP contribution in [0, 0.1) is 28.6 Å². The fourth-order valence-electron chi connectivity index (χ4n) is 5.02. The maximum Gasteiger partial charge on any atom is 0.471 e. The van der Waals surface area contributed by atoms with E-state index in [0.29, 0.717) is 13.0 Å². The van der Waals surface area contributed by atoms with Crippen LogP contribution in [0.5, 0.6) is 0 Å². The predicted octanol–water partition coefficient (Wildman–Crippen LogP) is 0.320. The Hall–Kier alpha value is -2.37. The van der Waals surface area contributed by atoms with Gasteiger partial charge in [-0.15, -0.1) is 0 Å². The van der Waals surface area contributed by atoms with Gasteiger partial charge in [0.2, 0.25) is 11.8 Å². The summed E-state index contributed by atoms with van der Waals surface area (Å²) in [7, 11) is 0. The van der Waals surface area contributed by atoms with Gasteiger partial charge in [-0.3, -0.25) is 24.6 Å². The number of piperidine rings is 1. The first-order valence-electron chi connectivity index (χ1n) is 11.1. The molecule has 4 amide bonds. The summed E-state index contributed by atoms with van der Waals surface area (Å²) in [5, 5.41) is 4.52. The second-order valence-electron chi connectivity index (χ2n) is 10.8. The number of amides is 4. The molecule has 9 nitrogen and oxygen atoms in total. The van der Waals surface area contributed by atoms with E-state index in [1.54, 1.807) is 20.8 Å². The number of halogens is 3. The number of fused-ring (bicyclic) bond motifs is 1. The molecule has 0 aromatic heterocycles. The van der Waals surface area contributed by atoms with E-state index >= 15 is 0 Å². The standard InChI is InChI=1S/C21H32F3N5O4/c1-19(2,3)14(27-18(33)21(22,23)24)17(32)29-9-11-12(20(11,4)5)13(29)16(31)28-26-8-10-6-7-25-15(10)30/h10-14,26H,6-9H2,1-5H3,(H,25,30)(H,27,33)(H,28,31)/t10-,11-,12-,13-,14?/m0/s1. The molecule has 0 radical (unpaired) electrons. The van der Waals surface area contributed by atoms with E-state index in [2.05, 4.69) is 16.2 Å². The Morgan fingerprint density at radius 2 is 1.85 bits per heavy atom. The summed E-state index contributed by atoms with van der Waals surface area (Å²) in [6, 6.07) is -2.35. The van der Waals surface area contributed by atoms with Gasteiger partial charge in [0.15, 0.2) is 0 Å². The summed E-state index contributed by atoms with van der Waals surface area (Å²) >= 11 is 0. The average Bonchev–Trinajstić information content (AvgIpc) is 3.05. The number of hydrogen-bond acceptors (Lipinski definition) is 5. The number of rotatable bonds is 6. The van der Waals surface area contributed by atoms with Crippen LogP contribution in [0.2, 0.25) is 0 Å². The quantitative estimate of drug-likeness (QED) is 0.413. The van der Waals surface area contributed by atoms with Gasteiger partial charge in [-0.25, -0.2) is 5.43 Å². The Labute approximate surface area is 190 Å². The normalized spacial score (nSPS) is 29.2. The van der Waals surface area contributed by atoms with Crippen molar-refractivity contribution in [1.29, 1.82) is 0 Å². The Kier molecular flexibility index (Phi) is 6.46. The number of hydrazine groups is 1. The molecule has 2 heterocycles. The van der Waals surface area contributed by atoms with Crippen LogP contribution < -0.4 is 21.5 Å². The molecule has 3 rings (SSSR count). The van der Waals surface area contributed by atoms with Gasteiger partial charge < -0.3 is 15.5 Å². The highest BCUT2D eigenvalue weighted by molar-refractivity contribution is 5.94. The molecule has 0 bridgehead atoms. The molecule has 186 valence electrons.